The molecule has 0 aromatic rings. The first-order valence-electron chi connectivity index (χ1n) is 9.87. The molecule has 0 amide bonds. The summed E-state index contributed by atoms with van der Waals surface area (Å²) in [6, 6.07) is 0. The maximum atomic E-state index is 12.0. The molecule has 0 bridgehead atoms. The summed E-state index contributed by atoms with van der Waals surface area (Å²) in [4.78, 5) is 45.2. The van der Waals surface area contributed by atoms with Crippen LogP contribution in [0.15, 0.2) is 0 Å². The molecule has 1 aliphatic carbocycles. The Hall–Kier alpha value is -0.860. The number of aldehydes is 1. The maximum absolute atomic E-state index is 12.0. The summed E-state index contributed by atoms with van der Waals surface area (Å²) in [5, 5.41) is 10.0. The normalized spacial score (nSPS) is 20.8. The largest absolute Gasteiger partial charge is 0.481 e. The molecule has 0 aromatic heterocycles. The number of hydrogen-bond acceptors (Lipinski definition) is 7. The summed E-state index contributed by atoms with van der Waals surface area (Å²) in [5.41, 5.74) is 0. The van der Waals surface area contributed by atoms with E-state index in [9.17, 15) is 19.2 Å². The third-order valence-electron chi connectivity index (χ3n) is 4.83. The van der Waals surface area contributed by atoms with Crippen LogP contribution in [0.25, 0.3) is 0 Å². The summed E-state index contributed by atoms with van der Waals surface area (Å²) in [7, 11) is 0. The van der Waals surface area contributed by atoms with Gasteiger partial charge in [-0.1, -0.05) is 6.92 Å². The zero-order chi connectivity index (χ0) is 20.9. The van der Waals surface area contributed by atoms with Gasteiger partial charge in [-0.2, -0.15) is 23.5 Å². The van der Waals surface area contributed by atoms with E-state index in [4.69, 9.17) is 9.84 Å². The van der Waals surface area contributed by atoms with Crippen molar-refractivity contribution in [2.75, 3.05) is 24.7 Å². The molecule has 4 atom stereocenters. The van der Waals surface area contributed by atoms with Gasteiger partial charge in [0, 0.05) is 47.2 Å². The van der Waals surface area contributed by atoms with Crippen LogP contribution in [-0.2, 0) is 23.9 Å². The summed E-state index contributed by atoms with van der Waals surface area (Å²) in [6.45, 7) is 4.01. The van der Waals surface area contributed by atoms with Crippen LogP contribution in [0.3, 0.4) is 0 Å². The molecule has 6 nitrogen and oxygen atoms in total. The summed E-state index contributed by atoms with van der Waals surface area (Å²) >= 11 is 3.45. The van der Waals surface area contributed by atoms with E-state index < -0.39 is 5.97 Å². The van der Waals surface area contributed by atoms with Crippen molar-refractivity contribution in [2.24, 2.45) is 11.8 Å². The number of ketones is 2. The molecular weight excluding hydrogens is 400 g/mol. The van der Waals surface area contributed by atoms with Gasteiger partial charge in [-0.15, -0.1) is 0 Å². The molecule has 8 heteroatoms. The van der Waals surface area contributed by atoms with Crippen molar-refractivity contribution in [1.29, 1.82) is 0 Å². The van der Waals surface area contributed by atoms with Crippen LogP contribution in [0, 0.1) is 11.8 Å². The van der Waals surface area contributed by atoms with E-state index in [1.54, 1.807) is 23.5 Å². The Labute approximate surface area is 175 Å². The lowest BCUT2D eigenvalue weighted by Gasteiger charge is -2.36. The van der Waals surface area contributed by atoms with Crippen LogP contribution in [0.1, 0.15) is 52.4 Å². The smallest absolute Gasteiger partial charge is 0.307 e. The highest BCUT2D eigenvalue weighted by Gasteiger charge is 2.33. The van der Waals surface area contributed by atoms with Crippen molar-refractivity contribution >= 4 is 47.3 Å². The molecule has 0 radical (unpaired) electrons. The number of aliphatic carboxylic acids is 1. The second-order valence-electron chi connectivity index (χ2n) is 7.22. The lowest BCUT2D eigenvalue weighted by molar-refractivity contribution is -0.141. The van der Waals surface area contributed by atoms with Gasteiger partial charge in [0.2, 0.25) is 0 Å². The SMILES string of the molecule is CCC(CSC1CCC1SCC(C=O)CC(=O)CCOCCC(C)=O)C(=O)O. The van der Waals surface area contributed by atoms with Gasteiger partial charge in [0.25, 0.3) is 0 Å². The van der Waals surface area contributed by atoms with Crippen molar-refractivity contribution in [3.05, 3.63) is 0 Å². The van der Waals surface area contributed by atoms with E-state index >= 15 is 0 Å². The molecule has 0 spiro atoms. The van der Waals surface area contributed by atoms with Gasteiger partial charge in [-0.05, 0) is 26.2 Å². The van der Waals surface area contributed by atoms with Gasteiger partial charge in [-0.25, -0.2) is 0 Å². The number of thioether (sulfide) groups is 2. The fraction of sp³-hybridized carbons (Fsp3) is 0.800. The number of Topliss-reactive ketones (excluding diaryl/α,β-unsaturated/α-hetero) is 2. The predicted octanol–water partition coefficient (Wildman–Crippen LogP) is 3.25. The van der Waals surface area contributed by atoms with E-state index in [1.165, 1.54) is 6.92 Å². The molecule has 1 aliphatic rings. The number of carbonyl (C=O) groups is 4. The Bertz CT molecular complexity index is 525. The van der Waals surface area contributed by atoms with Crippen LogP contribution in [0.4, 0.5) is 0 Å². The van der Waals surface area contributed by atoms with E-state index in [-0.39, 0.29) is 42.9 Å². The molecule has 1 N–H and O–H groups in total. The quantitative estimate of drug-likeness (QED) is 0.276. The van der Waals surface area contributed by atoms with Gasteiger partial charge >= 0.3 is 5.97 Å². The number of rotatable bonds is 17. The Morgan fingerprint density at radius 3 is 2.21 bits per heavy atom. The zero-order valence-electron chi connectivity index (χ0n) is 16.8. The average Bonchev–Trinajstić information content (AvgIpc) is 2.62. The molecule has 0 saturated heterocycles. The van der Waals surface area contributed by atoms with E-state index in [0.717, 1.165) is 19.1 Å². The number of hydrogen-bond donors (Lipinski definition) is 1. The minimum atomic E-state index is -0.733. The van der Waals surface area contributed by atoms with Crippen molar-refractivity contribution in [3.63, 3.8) is 0 Å². The standard InChI is InChI=1S/C20H32O6S2/c1-3-16(20(24)25)13-28-19-5-4-18(19)27-12-15(11-21)10-17(23)7-9-26-8-6-14(2)22/h11,15-16,18-19H,3-10,12-13H2,1-2H3,(H,24,25). The monoisotopic (exact) mass is 432 g/mol. The first kappa shape index (κ1) is 25.2. The lowest BCUT2D eigenvalue weighted by atomic mass is 9.99. The molecule has 0 aromatic carbocycles. The highest BCUT2D eigenvalue weighted by atomic mass is 32.2. The molecular formula is C20H32O6S2. The third kappa shape index (κ3) is 10.1. The molecule has 4 unspecified atom stereocenters. The molecule has 1 saturated carbocycles. The Morgan fingerprint density at radius 1 is 1.11 bits per heavy atom. The van der Waals surface area contributed by atoms with Crippen molar-refractivity contribution in [3.8, 4) is 0 Å². The zero-order valence-corrected chi connectivity index (χ0v) is 18.4. The summed E-state index contributed by atoms with van der Waals surface area (Å²) in [6.07, 6.45) is 4.52. The molecule has 1 rings (SSSR count). The van der Waals surface area contributed by atoms with Crippen LogP contribution >= 0.6 is 23.5 Å². The molecule has 160 valence electrons. The fourth-order valence-corrected chi connectivity index (χ4v) is 6.04. The number of ether oxygens (including phenoxy) is 1. The number of carboxylic acid groups (broad SMARTS) is 1. The van der Waals surface area contributed by atoms with Gasteiger partial charge in [0.15, 0.2) is 0 Å². The minimum absolute atomic E-state index is 0.00676. The van der Waals surface area contributed by atoms with Crippen molar-refractivity contribution < 1.29 is 29.0 Å². The summed E-state index contributed by atoms with van der Waals surface area (Å²) in [5.74, 6) is 0.00345. The highest BCUT2D eigenvalue weighted by Crippen LogP contribution is 2.41. The van der Waals surface area contributed by atoms with E-state index in [0.29, 0.717) is 41.5 Å². The highest BCUT2D eigenvalue weighted by molar-refractivity contribution is 8.04. The van der Waals surface area contributed by atoms with Crippen molar-refractivity contribution in [1.82, 2.24) is 0 Å². The first-order chi connectivity index (χ1) is 13.4. The molecule has 1 fully saturated rings. The van der Waals surface area contributed by atoms with Gasteiger partial charge < -0.3 is 14.6 Å². The van der Waals surface area contributed by atoms with Crippen LogP contribution in [-0.4, -0.2) is 64.1 Å². The minimum Gasteiger partial charge on any atom is -0.481 e. The van der Waals surface area contributed by atoms with E-state index in [2.05, 4.69) is 0 Å². The van der Waals surface area contributed by atoms with Gasteiger partial charge in [-0.3, -0.25) is 14.4 Å². The second-order valence-corrected chi connectivity index (χ2v) is 9.76. The predicted molar refractivity (Wildman–Crippen MR) is 113 cm³/mol. The van der Waals surface area contributed by atoms with Crippen LogP contribution in [0.5, 0.6) is 0 Å². The Kier molecular flexibility index (Phi) is 12.7. The Balaban J connectivity index is 2.22. The first-order valence-corrected chi connectivity index (χ1v) is 12.0. The third-order valence-corrected chi connectivity index (χ3v) is 8.21. The fourth-order valence-electron chi connectivity index (χ4n) is 2.72. The van der Waals surface area contributed by atoms with Crippen LogP contribution < -0.4 is 0 Å². The number of carboxylic acids is 1. The van der Waals surface area contributed by atoms with Gasteiger partial charge in [0.05, 0.1) is 19.1 Å². The second kappa shape index (κ2) is 14.2. The van der Waals surface area contributed by atoms with Crippen molar-refractivity contribution in [2.45, 2.75) is 62.9 Å². The van der Waals surface area contributed by atoms with Crippen LogP contribution in [0.2, 0.25) is 0 Å². The lowest BCUT2D eigenvalue weighted by Crippen LogP contribution is -2.34. The summed E-state index contributed by atoms with van der Waals surface area (Å²) < 4.78 is 5.26. The molecule has 0 aliphatic heterocycles. The molecule has 28 heavy (non-hydrogen) atoms. The average molecular weight is 433 g/mol. The Morgan fingerprint density at radius 2 is 1.71 bits per heavy atom. The maximum Gasteiger partial charge on any atom is 0.307 e. The number of carbonyl (C=O) groups excluding carboxylic acids is 3. The topological polar surface area (TPSA) is 97.7 Å². The molecule has 0 heterocycles. The van der Waals surface area contributed by atoms with E-state index in [1.807, 2.05) is 6.92 Å². The van der Waals surface area contributed by atoms with Gasteiger partial charge in [0.1, 0.15) is 17.9 Å².